The summed E-state index contributed by atoms with van der Waals surface area (Å²) < 4.78 is 0. The first kappa shape index (κ1) is 13.4. The second-order valence-electron chi connectivity index (χ2n) is 4.26. The van der Waals surface area contributed by atoms with E-state index in [0.29, 0.717) is 11.0 Å². The summed E-state index contributed by atoms with van der Waals surface area (Å²) in [5.74, 6) is 0.418. The number of nitrogens with one attached hydrogen (secondary N) is 1. The Kier molecular flexibility index (Phi) is 5.16. The average molecular weight is 239 g/mol. The van der Waals surface area contributed by atoms with Gasteiger partial charge in [0, 0.05) is 18.3 Å². The van der Waals surface area contributed by atoms with Crippen LogP contribution in [0.3, 0.4) is 0 Å². The van der Waals surface area contributed by atoms with E-state index in [-0.39, 0.29) is 0 Å². The Morgan fingerprint density at radius 3 is 2.38 bits per heavy atom. The Balaban J connectivity index is 2.55. The van der Waals surface area contributed by atoms with E-state index in [4.69, 9.17) is 0 Å². The van der Waals surface area contributed by atoms with Gasteiger partial charge in [0.1, 0.15) is 5.75 Å². The van der Waals surface area contributed by atoms with E-state index >= 15 is 0 Å². The number of aryl methyl sites for hydroxylation is 2. The molecule has 1 aromatic carbocycles. The Morgan fingerprint density at radius 1 is 1.31 bits per heavy atom. The lowest BCUT2D eigenvalue weighted by Crippen LogP contribution is -2.22. The van der Waals surface area contributed by atoms with Crippen molar-refractivity contribution in [2.75, 3.05) is 12.8 Å². The zero-order valence-corrected chi connectivity index (χ0v) is 11.3. The maximum Gasteiger partial charge on any atom is 0.121 e. The fourth-order valence-corrected chi connectivity index (χ4v) is 1.94. The molecule has 1 aromatic rings. The number of phenols is 1. The highest BCUT2D eigenvalue weighted by Crippen LogP contribution is 2.22. The number of hydrogen-bond acceptors (Lipinski definition) is 3. The van der Waals surface area contributed by atoms with Crippen molar-refractivity contribution < 1.29 is 5.11 Å². The SMILES string of the molecule is CSC(C)CNCc1cc(C)c(O)c(C)c1. The molecular weight excluding hydrogens is 218 g/mol. The number of aromatic hydroxyl groups is 1. The predicted molar refractivity (Wildman–Crippen MR) is 72.3 cm³/mol. The van der Waals surface area contributed by atoms with Crippen LogP contribution in [0.15, 0.2) is 12.1 Å². The quantitative estimate of drug-likeness (QED) is 0.828. The number of rotatable bonds is 5. The summed E-state index contributed by atoms with van der Waals surface area (Å²) in [7, 11) is 0. The molecular formula is C13H21NOS. The molecule has 0 heterocycles. The molecule has 1 unspecified atom stereocenters. The summed E-state index contributed by atoms with van der Waals surface area (Å²) in [5, 5.41) is 13.7. The molecule has 2 nitrogen and oxygen atoms in total. The van der Waals surface area contributed by atoms with Gasteiger partial charge < -0.3 is 10.4 Å². The van der Waals surface area contributed by atoms with Gasteiger partial charge in [-0.15, -0.1) is 0 Å². The van der Waals surface area contributed by atoms with Crippen LogP contribution in [-0.4, -0.2) is 23.2 Å². The summed E-state index contributed by atoms with van der Waals surface area (Å²) in [6, 6.07) is 4.08. The number of benzene rings is 1. The van der Waals surface area contributed by atoms with E-state index in [2.05, 4.69) is 18.5 Å². The maximum atomic E-state index is 9.66. The highest BCUT2D eigenvalue weighted by atomic mass is 32.2. The van der Waals surface area contributed by atoms with E-state index in [0.717, 1.165) is 24.2 Å². The minimum Gasteiger partial charge on any atom is -0.507 e. The topological polar surface area (TPSA) is 32.3 Å². The maximum absolute atomic E-state index is 9.66. The summed E-state index contributed by atoms with van der Waals surface area (Å²) >= 11 is 1.87. The molecule has 1 rings (SSSR count). The van der Waals surface area contributed by atoms with Crippen LogP contribution in [0.2, 0.25) is 0 Å². The molecule has 0 aliphatic rings. The third-order valence-electron chi connectivity index (χ3n) is 2.71. The fourth-order valence-electron chi connectivity index (χ4n) is 1.65. The molecule has 0 aliphatic heterocycles. The largest absolute Gasteiger partial charge is 0.507 e. The molecule has 0 radical (unpaired) electrons. The third-order valence-corrected chi connectivity index (χ3v) is 3.69. The summed E-state index contributed by atoms with van der Waals surface area (Å²) in [6.07, 6.45) is 2.13. The molecule has 0 aromatic heterocycles. The molecule has 16 heavy (non-hydrogen) atoms. The molecule has 0 aliphatic carbocycles. The first-order valence-electron chi connectivity index (χ1n) is 5.57. The van der Waals surface area contributed by atoms with Crippen LogP contribution in [0.1, 0.15) is 23.6 Å². The van der Waals surface area contributed by atoms with Gasteiger partial charge in [0.25, 0.3) is 0 Å². The van der Waals surface area contributed by atoms with Crippen LogP contribution >= 0.6 is 11.8 Å². The van der Waals surface area contributed by atoms with Crippen LogP contribution in [0, 0.1) is 13.8 Å². The summed E-state index contributed by atoms with van der Waals surface area (Å²) in [5.41, 5.74) is 3.14. The third kappa shape index (κ3) is 3.72. The normalized spacial score (nSPS) is 12.8. The Morgan fingerprint density at radius 2 is 1.88 bits per heavy atom. The zero-order chi connectivity index (χ0) is 12.1. The summed E-state index contributed by atoms with van der Waals surface area (Å²) in [4.78, 5) is 0. The van der Waals surface area contributed by atoms with Crippen molar-refractivity contribution in [2.45, 2.75) is 32.6 Å². The molecule has 0 amide bonds. The van der Waals surface area contributed by atoms with Gasteiger partial charge in [0.2, 0.25) is 0 Å². The number of phenolic OH excluding ortho intramolecular Hbond substituents is 1. The highest BCUT2D eigenvalue weighted by Gasteiger charge is 2.04. The van der Waals surface area contributed by atoms with Crippen LogP contribution in [0.4, 0.5) is 0 Å². The van der Waals surface area contributed by atoms with Crippen LogP contribution in [-0.2, 0) is 6.54 Å². The molecule has 0 spiro atoms. The first-order chi connectivity index (χ1) is 7.54. The first-order valence-corrected chi connectivity index (χ1v) is 6.86. The Labute approximate surface area is 102 Å². The highest BCUT2D eigenvalue weighted by molar-refractivity contribution is 7.99. The monoisotopic (exact) mass is 239 g/mol. The van der Waals surface area contributed by atoms with Crippen LogP contribution < -0.4 is 5.32 Å². The lowest BCUT2D eigenvalue weighted by atomic mass is 10.1. The standard InChI is InChI=1S/C13H21NOS/c1-9-5-12(6-10(2)13(9)15)8-14-7-11(3)16-4/h5-6,11,14-15H,7-8H2,1-4H3. The second-order valence-corrected chi connectivity index (χ2v) is 5.53. The molecule has 90 valence electrons. The fraction of sp³-hybridized carbons (Fsp3) is 0.538. The van der Waals surface area contributed by atoms with E-state index < -0.39 is 0 Å². The summed E-state index contributed by atoms with van der Waals surface area (Å²) in [6.45, 7) is 7.98. The van der Waals surface area contributed by atoms with Gasteiger partial charge in [-0.1, -0.05) is 19.1 Å². The minimum atomic E-state index is 0.418. The van der Waals surface area contributed by atoms with Crippen molar-refractivity contribution in [3.8, 4) is 5.75 Å². The minimum absolute atomic E-state index is 0.418. The zero-order valence-electron chi connectivity index (χ0n) is 10.5. The van der Waals surface area contributed by atoms with Gasteiger partial charge in [0.05, 0.1) is 0 Å². The molecule has 2 N–H and O–H groups in total. The average Bonchev–Trinajstić information content (AvgIpc) is 2.25. The Hall–Kier alpha value is -0.670. The van der Waals surface area contributed by atoms with E-state index in [1.165, 1.54) is 5.56 Å². The second kappa shape index (κ2) is 6.16. The molecule has 0 fully saturated rings. The van der Waals surface area contributed by atoms with Crippen molar-refractivity contribution in [3.05, 3.63) is 28.8 Å². The van der Waals surface area contributed by atoms with Crippen molar-refractivity contribution in [3.63, 3.8) is 0 Å². The van der Waals surface area contributed by atoms with E-state index in [1.807, 2.05) is 37.7 Å². The van der Waals surface area contributed by atoms with Crippen LogP contribution in [0.5, 0.6) is 5.75 Å². The van der Waals surface area contributed by atoms with Crippen LogP contribution in [0.25, 0.3) is 0 Å². The number of hydrogen-bond donors (Lipinski definition) is 2. The lowest BCUT2D eigenvalue weighted by Gasteiger charge is -2.11. The van der Waals surface area contributed by atoms with Gasteiger partial charge in [-0.25, -0.2) is 0 Å². The van der Waals surface area contributed by atoms with E-state index in [9.17, 15) is 5.11 Å². The lowest BCUT2D eigenvalue weighted by molar-refractivity contribution is 0.466. The number of thioether (sulfide) groups is 1. The van der Waals surface area contributed by atoms with Crippen molar-refractivity contribution in [1.29, 1.82) is 0 Å². The van der Waals surface area contributed by atoms with Gasteiger partial charge in [-0.05, 0) is 36.8 Å². The molecule has 3 heteroatoms. The van der Waals surface area contributed by atoms with Gasteiger partial charge in [-0.2, -0.15) is 11.8 Å². The molecule has 0 saturated heterocycles. The smallest absolute Gasteiger partial charge is 0.121 e. The molecule has 0 saturated carbocycles. The molecule has 1 atom stereocenters. The van der Waals surface area contributed by atoms with Crippen molar-refractivity contribution in [1.82, 2.24) is 5.32 Å². The predicted octanol–water partition coefficient (Wildman–Crippen LogP) is 2.85. The van der Waals surface area contributed by atoms with Gasteiger partial charge in [0.15, 0.2) is 0 Å². The van der Waals surface area contributed by atoms with Crippen molar-refractivity contribution >= 4 is 11.8 Å². The van der Waals surface area contributed by atoms with Crippen molar-refractivity contribution in [2.24, 2.45) is 0 Å². The van der Waals surface area contributed by atoms with Gasteiger partial charge >= 0.3 is 0 Å². The van der Waals surface area contributed by atoms with E-state index in [1.54, 1.807) is 0 Å². The Bertz CT molecular complexity index is 329. The molecule has 0 bridgehead atoms. The van der Waals surface area contributed by atoms with Gasteiger partial charge in [-0.3, -0.25) is 0 Å².